The molecule has 2 fully saturated rings. The number of alkyl halides is 1. The topological polar surface area (TPSA) is 29.5 Å². The van der Waals surface area contributed by atoms with E-state index in [-0.39, 0.29) is 11.3 Å². The third-order valence-corrected chi connectivity index (χ3v) is 4.82. The summed E-state index contributed by atoms with van der Waals surface area (Å²) in [5.41, 5.74) is 0. The molecule has 0 N–H and O–H groups in total. The van der Waals surface area contributed by atoms with Crippen LogP contribution in [-0.4, -0.2) is 42.5 Å². The van der Waals surface area contributed by atoms with Gasteiger partial charge in [0.2, 0.25) is 5.91 Å². The number of nitrogens with zero attached hydrogens (tertiary/aromatic N) is 1. The normalized spacial score (nSPS) is 32.3. The third-order valence-electron chi connectivity index (χ3n) is 4.46. The van der Waals surface area contributed by atoms with E-state index in [0.717, 1.165) is 45.6 Å². The molecule has 1 amide bonds. The Morgan fingerprint density at radius 3 is 2.56 bits per heavy atom. The average molecular weight is 274 g/mol. The standard InChI is InChI=1S/C14H24ClNO2/c1-10-9-18-8-5-13(10)14(17)16-6-3-12(4-7-16)11(2)15/h10-13H,3-9H2,1-2H3. The lowest BCUT2D eigenvalue weighted by molar-refractivity contribution is -0.142. The predicted octanol–water partition coefficient (Wildman–Crippen LogP) is 2.52. The van der Waals surface area contributed by atoms with Crippen molar-refractivity contribution in [3.05, 3.63) is 0 Å². The van der Waals surface area contributed by atoms with Gasteiger partial charge in [0.25, 0.3) is 0 Å². The Bertz CT molecular complexity index is 288. The number of ether oxygens (including phenoxy) is 1. The molecular formula is C14H24ClNO2. The highest BCUT2D eigenvalue weighted by Gasteiger charge is 2.33. The van der Waals surface area contributed by atoms with E-state index in [0.29, 0.717) is 17.7 Å². The highest BCUT2D eigenvalue weighted by molar-refractivity contribution is 6.20. The van der Waals surface area contributed by atoms with Gasteiger partial charge in [-0.15, -0.1) is 11.6 Å². The van der Waals surface area contributed by atoms with Crippen LogP contribution in [0.1, 0.15) is 33.1 Å². The first kappa shape index (κ1) is 14.1. The Morgan fingerprint density at radius 1 is 1.33 bits per heavy atom. The van der Waals surface area contributed by atoms with Gasteiger partial charge in [-0.3, -0.25) is 4.79 Å². The zero-order chi connectivity index (χ0) is 13.1. The SMILES string of the molecule is CC(Cl)C1CCN(C(=O)C2CCOCC2C)CC1. The summed E-state index contributed by atoms with van der Waals surface area (Å²) in [6.45, 7) is 7.40. The summed E-state index contributed by atoms with van der Waals surface area (Å²) in [6.07, 6.45) is 2.98. The Balaban J connectivity index is 1.87. The summed E-state index contributed by atoms with van der Waals surface area (Å²) >= 11 is 6.14. The molecule has 2 heterocycles. The van der Waals surface area contributed by atoms with E-state index >= 15 is 0 Å². The second-order valence-electron chi connectivity index (χ2n) is 5.79. The molecule has 0 spiro atoms. The number of carbonyl (C=O) groups excluding carboxylic acids is 1. The molecule has 3 atom stereocenters. The molecule has 0 radical (unpaired) electrons. The lowest BCUT2D eigenvalue weighted by Crippen LogP contribution is -2.46. The van der Waals surface area contributed by atoms with Gasteiger partial charge in [0.15, 0.2) is 0 Å². The molecule has 0 saturated carbocycles. The first-order valence-corrected chi connectivity index (χ1v) is 7.54. The van der Waals surface area contributed by atoms with Crippen molar-refractivity contribution < 1.29 is 9.53 Å². The van der Waals surface area contributed by atoms with Gasteiger partial charge in [-0.25, -0.2) is 0 Å². The zero-order valence-electron chi connectivity index (χ0n) is 11.4. The lowest BCUT2D eigenvalue weighted by Gasteiger charge is -2.37. The summed E-state index contributed by atoms with van der Waals surface area (Å²) in [7, 11) is 0. The number of likely N-dealkylation sites (tertiary alicyclic amines) is 1. The minimum Gasteiger partial charge on any atom is -0.381 e. The van der Waals surface area contributed by atoms with Gasteiger partial charge in [-0.1, -0.05) is 6.92 Å². The van der Waals surface area contributed by atoms with Crippen LogP contribution in [0.5, 0.6) is 0 Å². The highest BCUT2D eigenvalue weighted by Crippen LogP contribution is 2.28. The van der Waals surface area contributed by atoms with Gasteiger partial charge in [-0.2, -0.15) is 0 Å². The number of halogens is 1. The van der Waals surface area contributed by atoms with Crippen molar-refractivity contribution in [1.82, 2.24) is 4.90 Å². The molecule has 2 aliphatic heterocycles. The minimum atomic E-state index is 0.170. The lowest BCUT2D eigenvalue weighted by atomic mass is 9.87. The first-order chi connectivity index (χ1) is 8.59. The van der Waals surface area contributed by atoms with E-state index in [1.807, 2.05) is 4.90 Å². The molecule has 3 unspecified atom stereocenters. The van der Waals surface area contributed by atoms with Crippen LogP contribution in [-0.2, 0) is 9.53 Å². The molecule has 0 bridgehead atoms. The van der Waals surface area contributed by atoms with E-state index < -0.39 is 0 Å². The number of hydrogen-bond acceptors (Lipinski definition) is 2. The maximum atomic E-state index is 12.5. The van der Waals surface area contributed by atoms with E-state index in [1.165, 1.54) is 0 Å². The van der Waals surface area contributed by atoms with E-state index in [2.05, 4.69) is 13.8 Å². The van der Waals surface area contributed by atoms with Gasteiger partial charge in [0.05, 0.1) is 0 Å². The second-order valence-corrected chi connectivity index (χ2v) is 6.48. The highest BCUT2D eigenvalue weighted by atomic mass is 35.5. The van der Waals surface area contributed by atoms with Gasteiger partial charge in [0.1, 0.15) is 0 Å². The Hall–Kier alpha value is -0.280. The van der Waals surface area contributed by atoms with Crippen molar-refractivity contribution in [3.8, 4) is 0 Å². The maximum Gasteiger partial charge on any atom is 0.226 e. The molecule has 0 aromatic heterocycles. The van der Waals surface area contributed by atoms with Crippen molar-refractivity contribution in [2.45, 2.75) is 38.5 Å². The largest absolute Gasteiger partial charge is 0.381 e. The van der Waals surface area contributed by atoms with Crippen molar-refractivity contribution in [2.24, 2.45) is 17.8 Å². The zero-order valence-corrected chi connectivity index (χ0v) is 12.2. The second kappa shape index (κ2) is 6.25. The number of piperidine rings is 1. The third kappa shape index (κ3) is 3.18. The summed E-state index contributed by atoms with van der Waals surface area (Å²) in [6, 6.07) is 0. The molecular weight excluding hydrogens is 250 g/mol. The number of carbonyl (C=O) groups is 1. The van der Waals surface area contributed by atoms with Crippen molar-refractivity contribution >= 4 is 17.5 Å². The molecule has 0 aromatic carbocycles. The Labute approximate surface area is 115 Å². The molecule has 2 saturated heterocycles. The van der Waals surface area contributed by atoms with Crippen LogP contribution in [0.4, 0.5) is 0 Å². The number of rotatable bonds is 2. The Kier molecular flexibility index (Phi) is 4.91. The van der Waals surface area contributed by atoms with E-state index in [4.69, 9.17) is 16.3 Å². The summed E-state index contributed by atoms with van der Waals surface area (Å²) in [5.74, 6) is 1.44. The fourth-order valence-corrected chi connectivity index (χ4v) is 3.31. The van der Waals surface area contributed by atoms with Crippen LogP contribution in [0.25, 0.3) is 0 Å². The van der Waals surface area contributed by atoms with Gasteiger partial charge in [-0.05, 0) is 38.0 Å². The van der Waals surface area contributed by atoms with Crippen LogP contribution in [0, 0.1) is 17.8 Å². The fraction of sp³-hybridized carbons (Fsp3) is 0.929. The van der Waals surface area contributed by atoms with Gasteiger partial charge in [0, 0.05) is 37.6 Å². The molecule has 104 valence electrons. The first-order valence-electron chi connectivity index (χ1n) is 7.10. The average Bonchev–Trinajstić information content (AvgIpc) is 2.38. The fourth-order valence-electron chi connectivity index (χ4n) is 3.06. The summed E-state index contributed by atoms with van der Waals surface area (Å²) < 4.78 is 5.41. The van der Waals surface area contributed by atoms with Crippen LogP contribution < -0.4 is 0 Å². The maximum absolute atomic E-state index is 12.5. The monoisotopic (exact) mass is 273 g/mol. The van der Waals surface area contributed by atoms with E-state index in [1.54, 1.807) is 0 Å². The van der Waals surface area contributed by atoms with Crippen LogP contribution >= 0.6 is 11.6 Å². The van der Waals surface area contributed by atoms with Crippen LogP contribution in [0.15, 0.2) is 0 Å². The molecule has 3 nitrogen and oxygen atoms in total. The molecule has 0 aliphatic carbocycles. The van der Waals surface area contributed by atoms with Gasteiger partial charge >= 0.3 is 0 Å². The molecule has 0 aromatic rings. The quantitative estimate of drug-likeness (QED) is 0.724. The molecule has 4 heteroatoms. The van der Waals surface area contributed by atoms with Crippen molar-refractivity contribution in [3.63, 3.8) is 0 Å². The van der Waals surface area contributed by atoms with Crippen LogP contribution in [0.3, 0.4) is 0 Å². The number of amides is 1. The Morgan fingerprint density at radius 2 is 2.00 bits per heavy atom. The van der Waals surface area contributed by atoms with Gasteiger partial charge < -0.3 is 9.64 Å². The molecule has 2 aliphatic rings. The molecule has 18 heavy (non-hydrogen) atoms. The van der Waals surface area contributed by atoms with Crippen molar-refractivity contribution in [2.75, 3.05) is 26.3 Å². The van der Waals surface area contributed by atoms with Crippen LogP contribution in [0.2, 0.25) is 0 Å². The summed E-state index contributed by atoms with van der Waals surface area (Å²) in [4.78, 5) is 14.5. The predicted molar refractivity (Wildman–Crippen MR) is 72.7 cm³/mol. The smallest absolute Gasteiger partial charge is 0.226 e. The molecule has 2 rings (SSSR count). The van der Waals surface area contributed by atoms with E-state index in [9.17, 15) is 4.79 Å². The summed E-state index contributed by atoms with van der Waals surface area (Å²) in [5, 5.41) is 0.226. The minimum absolute atomic E-state index is 0.170. The number of hydrogen-bond donors (Lipinski definition) is 0. The van der Waals surface area contributed by atoms with Crippen molar-refractivity contribution in [1.29, 1.82) is 0 Å².